The topological polar surface area (TPSA) is 125 Å². The molecule has 7 nitrogen and oxygen atoms in total. The molecule has 0 aliphatic heterocycles. The molecule has 0 aliphatic rings. The third-order valence-electron chi connectivity index (χ3n) is 2.85. The molecule has 1 aromatic heterocycles. The number of hydrogen-bond acceptors (Lipinski definition) is 4. The normalized spacial score (nSPS) is 11.4. The van der Waals surface area contributed by atoms with Gasteiger partial charge >= 0.3 is 0 Å². The van der Waals surface area contributed by atoms with Gasteiger partial charge in [-0.2, -0.15) is 5.10 Å². The van der Waals surface area contributed by atoms with Gasteiger partial charge in [-0.25, -0.2) is 12.8 Å². The van der Waals surface area contributed by atoms with Crippen molar-refractivity contribution in [3.8, 4) is 0 Å². The number of H-pyrrole nitrogens is 1. The highest BCUT2D eigenvalue weighted by Gasteiger charge is 2.23. The largest absolute Gasteiger partial charge is 0.384 e. The second kappa shape index (κ2) is 5.17. The maximum absolute atomic E-state index is 13.9. The lowest BCUT2D eigenvalue weighted by Crippen LogP contribution is -2.16. The molecule has 112 valence electrons. The Hall–Kier alpha value is -2.42. The van der Waals surface area contributed by atoms with Crippen LogP contribution >= 0.6 is 0 Å². The fourth-order valence-electron chi connectivity index (χ4n) is 1.90. The summed E-state index contributed by atoms with van der Waals surface area (Å²) in [5, 5.41) is 13.6. The summed E-state index contributed by atoms with van der Waals surface area (Å²) in [5.41, 5.74) is 5.85. The maximum Gasteiger partial charge on any atom is 0.265 e. The lowest BCUT2D eigenvalue weighted by Gasteiger charge is -2.10. The Balaban J connectivity index is 2.40. The first-order chi connectivity index (χ1) is 9.72. The standard InChI is InChI=1S/C12H14FN5O2S/c1-6-11(7(2)17-16-6)21(19,20)18-10-4-3-8(12(14)15)5-9(10)13/h3-5,18H,1-2H3,(H3,14,15)(H,16,17). The highest BCUT2D eigenvalue weighted by molar-refractivity contribution is 7.92. The number of aromatic nitrogens is 2. The average molecular weight is 311 g/mol. The van der Waals surface area contributed by atoms with Crippen LogP contribution in [0.25, 0.3) is 0 Å². The van der Waals surface area contributed by atoms with Crippen molar-refractivity contribution in [3.63, 3.8) is 0 Å². The van der Waals surface area contributed by atoms with E-state index >= 15 is 0 Å². The van der Waals surface area contributed by atoms with Crippen molar-refractivity contribution in [1.82, 2.24) is 10.2 Å². The number of nitrogens with zero attached hydrogens (tertiary/aromatic N) is 1. The summed E-state index contributed by atoms with van der Waals surface area (Å²) in [7, 11) is -3.96. The quantitative estimate of drug-likeness (QED) is 0.501. The highest BCUT2D eigenvalue weighted by Crippen LogP contribution is 2.23. The first-order valence-electron chi connectivity index (χ1n) is 5.90. The van der Waals surface area contributed by atoms with Crippen molar-refractivity contribution >= 4 is 21.5 Å². The van der Waals surface area contributed by atoms with Crippen molar-refractivity contribution < 1.29 is 12.8 Å². The summed E-state index contributed by atoms with van der Waals surface area (Å²) >= 11 is 0. The van der Waals surface area contributed by atoms with Gasteiger partial charge in [-0.3, -0.25) is 15.2 Å². The van der Waals surface area contributed by atoms with E-state index in [1.807, 2.05) is 0 Å². The van der Waals surface area contributed by atoms with Gasteiger partial charge in [-0.1, -0.05) is 0 Å². The van der Waals surface area contributed by atoms with E-state index in [0.29, 0.717) is 11.4 Å². The van der Waals surface area contributed by atoms with E-state index in [1.54, 1.807) is 6.92 Å². The molecule has 2 rings (SSSR count). The average Bonchev–Trinajstić information content (AvgIpc) is 2.71. The van der Waals surface area contributed by atoms with E-state index in [9.17, 15) is 12.8 Å². The lowest BCUT2D eigenvalue weighted by atomic mass is 10.2. The molecular weight excluding hydrogens is 297 g/mol. The Morgan fingerprint density at radius 1 is 1.43 bits per heavy atom. The number of anilines is 1. The van der Waals surface area contributed by atoms with Gasteiger partial charge in [0, 0.05) is 5.56 Å². The van der Waals surface area contributed by atoms with E-state index in [1.165, 1.54) is 19.1 Å². The maximum atomic E-state index is 13.9. The molecule has 0 fully saturated rings. The van der Waals surface area contributed by atoms with Gasteiger partial charge in [0.25, 0.3) is 10.0 Å². The third kappa shape index (κ3) is 2.87. The summed E-state index contributed by atoms with van der Waals surface area (Å²) in [6, 6.07) is 3.57. The number of sulfonamides is 1. The molecule has 0 atom stereocenters. The van der Waals surface area contributed by atoms with Crippen LogP contribution in [0.4, 0.5) is 10.1 Å². The highest BCUT2D eigenvalue weighted by atomic mass is 32.2. The van der Waals surface area contributed by atoms with Crippen LogP contribution in [0.3, 0.4) is 0 Å². The zero-order valence-electron chi connectivity index (χ0n) is 11.4. The minimum absolute atomic E-state index is 0.0162. The van der Waals surface area contributed by atoms with Gasteiger partial charge in [-0.15, -0.1) is 0 Å². The molecule has 2 aromatic rings. The minimum Gasteiger partial charge on any atom is -0.384 e. The van der Waals surface area contributed by atoms with Gasteiger partial charge in [0.05, 0.1) is 17.1 Å². The Bertz CT molecular complexity index is 794. The second-order valence-electron chi connectivity index (χ2n) is 4.48. The molecule has 21 heavy (non-hydrogen) atoms. The molecule has 0 bridgehead atoms. The molecule has 0 amide bonds. The molecule has 1 heterocycles. The summed E-state index contributed by atoms with van der Waals surface area (Å²) in [5.74, 6) is -1.12. The van der Waals surface area contributed by atoms with E-state index in [4.69, 9.17) is 11.1 Å². The Morgan fingerprint density at radius 2 is 2.10 bits per heavy atom. The fraction of sp³-hybridized carbons (Fsp3) is 0.167. The summed E-state index contributed by atoms with van der Waals surface area (Å²) in [6.45, 7) is 3.09. The van der Waals surface area contributed by atoms with Crippen LogP contribution in [-0.2, 0) is 10.0 Å². The number of nitrogen functional groups attached to an aromatic ring is 1. The van der Waals surface area contributed by atoms with Crippen LogP contribution in [0.2, 0.25) is 0 Å². The van der Waals surface area contributed by atoms with Crippen molar-refractivity contribution in [3.05, 3.63) is 41.0 Å². The number of halogens is 1. The van der Waals surface area contributed by atoms with Crippen LogP contribution in [-0.4, -0.2) is 24.5 Å². The first kappa shape index (κ1) is 15.0. The smallest absolute Gasteiger partial charge is 0.265 e. The van der Waals surface area contributed by atoms with Crippen molar-refractivity contribution in [2.75, 3.05) is 4.72 Å². The van der Waals surface area contributed by atoms with Crippen molar-refractivity contribution in [1.29, 1.82) is 5.41 Å². The van der Waals surface area contributed by atoms with Crippen LogP contribution in [0.1, 0.15) is 17.0 Å². The number of aromatic amines is 1. The number of amidine groups is 1. The molecule has 0 aliphatic carbocycles. The number of nitrogens with two attached hydrogens (primary N) is 1. The van der Waals surface area contributed by atoms with Crippen LogP contribution < -0.4 is 10.5 Å². The number of aryl methyl sites for hydroxylation is 2. The first-order valence-corrected chi connectivity index (χ1v) is 7.39. The number of benzene rings is 1. The van der Waals surface area contributed by atoms with Gasteiger partial charge in [0.15, 0.2) is 0 Å². The zero-order chi connectivity index (χ0) is 15.8. The lowest BCUT2D eigenvalue weighted by molar-refractivity contribution is 0.597. The number of nitrogens with one attached hydrogen (secondary N) is 3. The van der Waals surface area contributed by atoms with E-state index in [-0.39, 0.29) is 22.0 Å². The summed E-state index contributed by atoms with van der Waals surface area (Å²) < 4.78 is 40.6. The van der Waals surface area contributed by atoms with Crippen LogP contribution in [0, 0.1) is 25.1 Å². The molecule has 9 heteroatoms. The van der Waals surface area contributed by atoms with Gasteiger partial charge < -0.3 is 5.73 Å². The van der Waals surface area contributed by atoms with E-state index in [2.05, 4.69) is 14.9 Å². The fourth-order valence-corrected chi connectivity index (χ4v) is 3.34. The zero-order valence-corrected chi connectivity index (χ0v) is 12.2. The number of hydrogen-bond donors (Lipinski definition) is 4. The van der Waals surface area contributed by atoms with Gasteiger partial charge in [-0.05, 0) is 32.0 Å². The minimum atomic E-state index is -3.96. The van der Waals surface area contributed by atoms with E-state index < -0.39 is 15.8 Å². The Morgan fingerprint density at radius 3 is 2.57 bits per heavy atom. The molecule has 0 radical (unpaired) electrons. The molecule has 0 spiro atoms. The van der Waals surface area contributed by atoms with E-state index in [0.717, 1.165) is 6.07 Å². The van der Waals surface area contributed by atoms with Gasteiger partial charge in [0.2, 0.25) is 0 Å². The Labute approximate surface area is 120 Å². The predicted molar refractivity (Wildman–Crippen MR) is 76.3 cm³/mol. The van der Waals surface area contributed by atoms with Crippen molar-refractivity contribution in [2.45, 2.75) is 18.7 Å². The third-order valence-corrected chi connectivity index (χ3v) is 4.48. The molecule has 0 saturated heterocycles. The Kier molecular flexibility index (Phi) is 3.69. The van der Waals surface area contributed by atoms with Crippen molar-refractivity contribution in [2.24, 2.45) is 5.73 Å². The molecule has 5 N–H and O–H groups in total. The molecular formula is C12H14FN5O2S. The monoisotopic (exact) mass is 311 g/mol. The van der Waals surface area contributed by atoms with Gasteiger partial charge in [0.1, 0.15) is 16.5 Å². The van der Waals surface area contributed by atoms with Crippen LogP contribution in [0.15, 0.2) is 23.1 Å². The SMILES string of the molecule is Cc1n[nH]c(C)c1S(=O)(=O)Nc1ccc(C(=N)N)cc1F. The molecule has 0 unspecified atom stereocenters. The molecule has 0 saturated carbocycles. The second-order valence-corrected chi connectivity index (χ2v) is 6.10. The summed E-state index contributed by atoms with van der Waals surface area (Å²) in [4.78, 5) is -0.0162. The number of rotatable bonds is 4. The molecule has 1 aromatic carbocycles. The summed E-state index contributed by atoms with van der Waals surface area (Å²) in [6.07, 6.45) is 0. The van der Waals surface area contributed by atoms with Crippen LogP contribution in [0.5, 0.6) is 0 Å². The predicted octanol–water partition coefficient (Wildman–Crippen LogP) is 1.25.